The third-order valence-electron chi connectivity index (χ3n) is 2.60. The van der Waals surface area contributed by atoms with Gasteiger partial charge < -0.3 is 19.9 Å². The van der Waals surface area contributed by atoms with Crippen molar-refractivity contribution in [3.63, 3.8) is 0 Å². The summed E-state index contributed by atoms with van der Waals surface area (Å²) in [5.74, 6) is 0.835. The van der Waals surface area contributed by atoms with Crippen molar-refractivity contribution >= 4 is 15.9 Å². The van der Waals surface area contributed by atoms with E-state index in [0.29, 0.717) is 26.4 Å². The van der Waals surface area contributed by atoms with Crippen molar-refractivity contribution in [3.05, 3.63) is 28.2 Å². The van der Waals surface area contributed by atoms with Crippen LogP contribution in [0.15, 0.2) is 22.7 Å². The fourth-order valence-corrected chi connectivity index (χ4v) is 2.02. The highest BCUT2D eigenvalue weighted by Crippen LogP contribution is 2.27. The van der Waals surface area contributed by atoms with Crippen molar-refractivity contribution in [1.29, 1.82) is 0 Å². The molecule has 1 aromatic carbocycles. The maximum Gasteiger partial charge on any atom is 0.133 e. The van der Waals surface area contributed by atoms with Crippen LogP contribution in [0.5, 0.6) is 5.75 Å². The Hall–Kier alpha value is -0.620. The van der Waals surface area contributed by atoms with Gasteiger partial charge in [0.05, 0.1) is 24.3 Å². The minimum Gasteiger partial charge on any atom is -0.492 e. The molecule has 0 spiro atoms. The summed E-state index contributed by atoms with van der Waals surface area (Å²) in [4.78, 5) is 0. The highest BCUT2D eigenvalue weighted by molar-refractivity contribution is 9.10. The van der Waals surface area contributed by atoms with Crippen LogP contribution in [-0.2, 0) is 9.47 Å². The normalized spacial score (nSPS) is 12.4. The molecule has 0 fully saturated rings. The van der Waals surface area contributed by atoms with E-state index in [1.54, 1.807) is 7.11 Å². The molecule has 108 valence electrons. The summed E-state index contributed by atoms with van der Waals surface area (Å²) in [5, 5.41) is 0. The average Bonchev–Trinajstić information content (AvgIpc) is 2.39. The Morgan fingerprint density at radius 1 is 1.21 bits per heavy atom. The van der Waals surface area contributed by atoms with Crippen LogP contribution in [0.3, 0.4) is 0 Å². The minimum atomic E-state index is 0.0273. The zero-order valence-electron chi connectivity index (χ0n) is 11.5. The summed E-state index contributed by atoms with van der Waals surface area (Å²) in [6.07, 6.45) is 0.852. The van der Waals surface area contributed by atoms with Crippen molar-refractivity contribution in [3.8, 4) is 5.75 Å². The Bertz CT molecular complexity index is 372. The largest absolute Gasteiger partial charge is 0.492 e. The molecule has 0 heterocycles. The first-order valence-electron chi connectivity index (χ1n) is 6.39. The molecule has 19 heavy (non-hydrogen) atoms. The summed E-state index contributed by atoms with van der Waals surface area (Å²) in [6, 6.07) is 5.95. The summed E-state index contributed by atoms with van der Waals surface area (Å²) in [6.45, 7) is 4.52. The van der Waals surface area contributed by atoms with Crippen LogP contribution < -0.4 is 10.5 Å². The van der Waals surface area contributed by atoms with E-state index in [-0.39, 0.29) is 6.04 Å². The van der Waals surface area contributed by atoms with Gasteiger partial charge in [0.15, 0.2) is 0 Å². The first-order chi connectivity index (χ1) is 9.15. The second kappa shape index (κ2) is 9.31. The third kappa shape index (κ3) is 6.38. The second-order valence-corrected chi connectivity index (χ2v) is 5.14. The molecule has 1 atom stereocenters. The fraction of sp³-hybridized carbons (Fsp3) is 0.571. The summed E-state index contributed by atoms with van der Waals surface area (Å²) in [5.41, 5.74) is 6.91. The Labute approximate surface area is 123 Å². The molecule has 0 radical (unpaired) electrons. The molecule has 0 saturated heterocycles. The van der Waals surface area contributed by atoms with E-state index in [4.69, 9.17) is 19.9 Å². The van der Waals surface area contributed by atoms with Gasteiger partial charge in [-0.2, -0.15) is 0 Å². The molecule has 0 bridgehead atoms. The third-order valence-corrected chi connectivity index (χ3v) is 3.22. The fourth-order valence-electron chi connectivity index (χ4n) is 1.50. The van der Waals surface area contributed by atoms with Gasteiger partial charge >= 0.3 is 0 Å². The maximum atomic E-state index is 5.82. The molecule has 0 unspecified atom stereocenters. The Balaban J connectivity index is 2.26. The molecule has 5 heteroatoms. The zero-order chi connectivity index (χ0) is 14.1. The Kier molecular flexibility index (Phi) is 8.05. The number of hydrogen-bond donors (Lipinski definition) is 1. The van der Waals surface area contributed by atoms with Crippen molar-refractivity contribution in [2.45, 2.75) is 19.4 Å². The SMILES string of the molecule is COCCOCCCOc1ccc([C@@H](C)N)cc1Br. The van der Waals surface area contributed by atoms with E-state index in [2.05, 4.69) is 15.9 Å². The molecule has 2 N–H and O–H groups in total. The number of ether oxygens (including phenoxy) is 3. The number of methoxy groups -OCH3 is 1. The molecule has 0 aliphatic heterocycles. The van der Waals surface area contributed by atoms with Crippen LogP contribution >= 0.6 is 15.9 Å². The number of hydrogen-bond acceptors (Lipinski definition) is 4. The number of halogens is 1. The van der Waals surface area contributed by atoms with Gasteiger partial charge in [0.25, 0.3) is 0 Å². The van der Waals surface area contributed by atoms with E-state index in [1.807, 2.05) is 25.1 Å². The van der Waals surface area contributed by atoms with Gasteiger partial charge in [-0.15, -0.1) is 0 Å². The smallest absolute Gasteiger partial charge is 0.133 e. The summed E-state index contributed by atoms with van der Waals surface area (Å²) in [7, 11) is 1.66. The van der Waals surface area contributed by atoms with Crippen LogP contribution in [0.1, 0.15) is 24.9 Å². The molecule has 0 aliphatic rings. The van der Waals surface area contributed by atoms with Crippen LogP contribution in [0.4, 0.5) is 0 Å². The van der Waals surface area contributed by atoms with Gasteiger partial charge in [0.2, 0.25) is 0 Å². The molecule has 1 aromatic rings. The van der Waals surface area contributed by atoms with Gasteiger partial charge in [-0.05, 0) is 40.5 Å². The monoisotopic (exact) mass is 331 g/mol. The Morgan fingerprint density at radius 2 is 2.00 bits per heavy atom. The predicted octanol–water partition coefficient (Wildman–Crippen LogP) is 2.90. The van der Waals surface area contributed by atoms with Crippen molar-refractivity contribution < 1.29 is 14.2 Å². The van der Waals surface area contributed by atoms with Gasteiger partial charge in [0.1, 0.15) is 5.75 Å². The molecular weight excluding hydrogens is 310 g/mol. The van der Waals surface area contributed by atoms with Crippen LogP contribution in [-0.4, -0.2) is 33.5 Å². The van der Waals surface area contributed by atoms with E-state index in [9.17, 15) is 0 Å². The Morgan fingerprint density at radius 3 is 2.63 bits per heavy atom. The topological polar surface area (TPSA) is 53.7 Å². The number of rotatable bonds is 9. The van der Waals surface area contributed by atoms with Crippen molar-refractivity contribution in [2.24, 2.45) is 5.73 Å². The lowest BCUT2D eigenvalue weighted by Gasteiger charge is -2.11. The van der Waals surface area contributed by atoms with Crippen LogP contribution in [0.2, 0.25) is 0 Å². The molecule has 0 saturated carbocycles. The van der Waals surface area contributed by atoms with E-state index < -0.39 is 0 Å². The minimum absolute atomic E-state index is 0.0273. The molecule has 4 nitrogen and oxygen atoms in total. The van der Waals surface area contributed by atoms with Gasteiger partial charge in [-0.3, -0.25) is 0 Å². The highest BCUT2D eigenvalue weighted by atomic mass is 79.9. The first-order valence-corrected chi connectivity index (χ1v) is 7.19. The highest BCUT2D eigenvalue weighted by Gasteiger charge is 2.05. The van der Waals surface area contributed by atoms with Gasteiger partial charge in [-0.25, -0.2) is 0 Å². The quantitative estimate of drug-likeness (QED) is 0.707. The van der Waals surface area contributed by atoms with Gasteiger partial charge in [0, 0.05) is 26.2 Å². The molecule has 0 amide bonds. The molecular formula is C14H22BrNO3. The maximum absolute atomic E-state index is 5.82. The van der Waals surface area contributed by atoms with Crippen LogP contribution in [0, 0.1) is 0 Å². The molecule has 1 rings (SSSR count). The standard InChI is InChI=1S/C14H22BrNO3/c1-11(16)12-4-5-14(13(15)10-12)19-7-3-6-18-9-8-17-2/h4-5,10-11H,3,6-9,16H2,1-2H3/t11-/m1/s1. The zero-order valence-corrected chi connectivity index (χ0v) is 13.1. The van der Waals surface area contributed by atoms with E-state index >= 15 is 0 Å². The number of nitrogens with two attached hydrogens (primary N) is 1. The van der Waals surface area contributed by atoms with Crippen LogP contribution in [0.25, 0.3) is 0 Å². The lowest BCUT2D eigenvalue weighted by atomic mass is 10.1. The average molecular weight is 332 g/mol. The molecule has 0 aliphatic carbocycles. The lowest BCUT2D eigenvalue weighted by molar-refractivity contribution is 0.0644. The predicted molar refractivity (Wildman–Crippen MR) is 79.6 cm³/mol. The lowest BCUT2D eigenvalue weighted by Crippen LogP contribution is -2.07. The second-order valence-electron chi connectivity index (χ2n) is 4.29. The van der Waals surface area contributed by atoms with E-state index in [0.717, 1.165) is 22.2 Å². The first kappa shape index (κ1) is 16.4. The van der Waals surface area contributed by atoms with E-state index in [1.165, 1.54) is 0 Å². The van der Waals surface area contributed by atoms with Gasteiger partial charge in [-0.1, -0.05) is 6.07 Å². The van der Waals surface area contributed by atoms with Crippen molar-refractivity contribution in [2.75, 3.05) is 33.5 Å². The number of benzene rings is 1. The van der Waals surface area contributed by atoms with Crippen molar-refractivity contribution in [1.82, 2.24) is 0 Å². The summed E-state index contributed by atoms with van der Waals surface area (Å²) >= 11 is 3.49. The summed E-state index contributed by atoms with van der Waals surface area (Å²) < 4.78 is 16.9. The molecule has 0 aromatic heterocycles.